The van der Waals surface area contributed by atoms with E-state index in [-0.39, 0.29) is 5.91 Å². The second-order valence-corrected chi connectivity index (χ2v) is 7.20. The summed E-state index contributed by atoms with van der Waals surface area (Å²) in [6, 6.07) is 0. The van der Waals surface area contributed by atoms with Gasteiger partial charge in [0.15, 0.2) is 0 Å². The van der Waals surface area contributed by atoms with Crippen molar-refractivity contribution in [2.75, 3.05) is 45.9 Å². The zero-order chi connectivity index (χ0) is 18.8. The Bertz CT molecular complexity index is 519. The fraction of sp³-hybridized carbons (Fsp3) is 0.800. The van der Waals surface area contributed by atoms with E-state index in [1.54, 1.807) is 0 Å². The van der Waals surface area contributed by atoms with Crippen LogP contribution in [0.3, 0.4) is 0 Å². The highest BCUT2D eigenvalue weighted by molar-refractivity contribution is 5.76. The molecular formula is C20H35N3O3. The first-order valence-corrected chi connectivity index (χ1v) is 10.1. The van der Waals surface area contributed by atoms with Crippen LogP contribution in [0.25, 0.3) is 0 Å². The minimum Gasteiger partial charge on any atom is -0.379 e. The SMILES string of the molecule is CCCCCCN(CCN1CCOCC1)C(=O)CCc1c(C)noc1C. The van der Waals surface area contributed by atoms with Gasteiger partial charge in [0.05, 0.1) is 18.9 Å². The summed E-state index contributed by atoms with van der Waals surface area (Å²) in [5.74, 6) is 1.08. The smallest absolute Gasteiger partial charge is 0.222 e. The molecule has 148 valence electrons. The molecule has 0 spiro atoms. The quantitative estimate of drug-likeness (QED) is 0.564. The van der Waals surface area contributed by atoms with Crippen LogP contribution in [0.2, 0.25) is 0 Å². The van der Waals surface area contributed by atoms with Gasteiger partial charge in [-0.2, -0.15) is 0 Å². The van der Waals surface area contributed by atoms with Crippen molar-refractivity contribution in [2.45, 2.75) is 59.3 Å². The summed E-state index contributed by atoms with van der Waals surface area (Å²) in [5.41, 5.74) is 1.98. The first kappa shape index (κ1) is 20.9. The van der Waals surface area contributed by atoms with Crippen molar-refractivity contribution < 1.29 is 14.1 Å². The van der Waals surface area contributed by atoms with Crippen molar-refractivity contribution in [3.8, 4) is 0 Å². The Morgan fingerprint density at radius 2 is 1.92 bits per heavy atom. The van der Waals surface area contributed by atoms with Gasteiger partial charge in [0.2, 0.25) is 5.91 Å². The predicted molar refractivity (Wildman–Crippen MR) is 102 cm³/mol. The first-order chi connectivity index (χ1) is 12.6. The molecule has 0 aromatic carbocycles. The highest BCUT2D eigenvalue weighted by Gasteiger charge is 2.18. The molecule has 0 saturated carbocycles. The minimum atomic E-state index is 0.245. The average molecular weight is 366 g/mol. The molecule has 1 aliphatic rings. The van der Waals surface area contributed by atoms with Gasteiger partial charge in [-0.15, -0.1) is 0 Å². The first-order valence-electron chi connectivity index (χ1n) is 10.1. The van der Waals surface area contributed by atoms with Crippen LogP contribution in [0.4, 0.5) is 0 Å². The number of carbonyl (C=O) groups is 1. The molecule has 6 nitrogen and oxygen atoms in total. The monoisotopic (exact) mass is 365 g/mol. The molecule has 0 aliphatic carbocycles. The van der Waals surface area contributed by atoms with E-state index in [9.17, 15) is 4.79 Å². The number of morpholine rings is 1. The molecule has 26 heavy (non-hydrogen) atoms. The molecule has 1 aromatic heterocycles. The summed E-state index contributed by atoms with van der Waals surface area (Å²) < 4.78 is 10.6. The normalized spacial score (nSPS) is 15.3. The summed E-state index contributed by atoms with van der Waals surface area (Å²) >= 11 is 0. The highest BCUT2D eigenvalue weighted by Crippen LogP contribution is 2.15. The van der Waals surface area contributed by atoms with Crippen molar-refractivity contribution in [2.24, 2.45) is 0 Å². The molecule has 1 saturated heterocycles. The fourth-order valence-corrected chi connectivity index (χ4v) is 3.43. The number of carbonyl (C=O) groups excluding carboxylic acids is 1. The molecule has 1 fully saturated rings. The maximum Gasteiger partial charge on any atom is 0.222 e. The third-order valence-corrected chi connectivity index (χ3v) is 5.19. The van der Waals surface area contributed by atoms with E-state index in [0.717, 1.165) is 69.4 Å². The van der Waals surface area contributed by atoms with E-state index in [4.69, 9.17) is 9.26 Å². The van der Waals surface area contributed by atoms with E-state index in [2.05, 4.69) is 21.9 Å². The van der Waals surface area contributed by atoms with Crippen molar-refractivity contribution in [1.29, 1.82) is 0 Å². The average Bonchev–Trinajstić information content (AvgIpc) is 2.98. The third-order valence-electron chi connectivity index (χ3n) is 5.19. The number of aromatic nitrogens is 1. The van der Waals surface area contributed by atoms with Gasteiger partial charge in [0, 0.05) is 44.7 Å². The van der Waals surface area contributed by atoms with Crippen LogP contribution in [0, 0.1) is 13.8 Å². The zero-order valence-corrected chi connectivity index (χ0v) is 16.8. The number of aryl methyl sites for hydroxylation is 2. The van der Waals surface area contributed by atoms with Gasteiger partial charge in [0.25, 0.3) is 0 Å². The van der Waals surface area contributed by atoms with Crippen molar-refractivity contribution in [3.63, 3.8) is 0 Å². The van der Waals surface area contributed by atoms with Gasteiger partial charge < -0.3 is 14.2 Å². The highest BCUT2D eigenvalue weighted by atomic mass is 16.5. The number of amides is 1. The molecule has 1 aromatic rings. The number of hydrogen-bond acceptors (Lipinski definition) is 5. The van der Waals surface area contributed by atoms with Crippen molar-refractivity contribution in [3.05, 3.63) is 17.0 Å². The van der Waals surface area contributed by atoms with Crippen LogP contribution in [-0.2, 0) is 16.0 Å². The molecule has 0 atom stereocenters. The molecular weight excluding hydrogens is 330 g/mol. The lowest BCUT2D eigenvalue weighted by Crippen LogP contribution is -2.43. The van der Waals surface area contributed by atoms with Crippen molar-refractivity contribution >= 4 is 5.91 Å². The molecule has 1 amide bonds. The van der Waals surface area contributed by atoms with Crippen LogP contribution in [0.1, 0.15) is 56.0 Å². The standard InChI is InChI=1S/C20H35N3O3/c1-4-5-6-7-10-23(12-11-22-13-15-25-16-14-22)20(24)9-8-19-17(2)21-26-18(19)3/h4-16H2,1-3H3. The number of rotatable bonds is 11. The lowest BCUT2D eigenvalue weighted by Gasteiger charge is -2.30. The van der Waals surface area contributed by atoms with Crippen LogP contribution in [0.5, 0.6) is 0 Å². The molecule has 1 aliphatic heterocycles. The fourth-order valence-electron chi connectivity index (χ4n) is 3.43. The second kappa shape index (κ2) is 11.3. The minimum absolute atomic E-state index is 0.245. The third kappa shape index (κ3) is 6.72. The zero-order valence-electron chi connectivity index (χ0n) is 16.8. The Balaban J connectivity index is 1.84. The molecule has 6 heteroatoms. The van der Waals surface area contributed by atoms with E-state index in [0.29, 0.717) is 12.8 Å². The Labute approximate surface area is 157 Å². The van der Waals surface area contributed by atoms with Gasteiger partial charge in [-0.25, -0.2) is 0 Å². The van der Waals surface area contributed by atoms with Gasteiger partial charge >= 0.3 is 0 Å². The summed E-state index contributed by atoms with van der Waals surface area (Å²) in [6.07, 6.45) is 5.98. The maximum atomic E-state index is 12.8. The lowest BCUT2D eigenvalue weighted by molar-refractivity contribution is -0.131. The summed E-state index contributed by atoms with van der Waals surface area (Å²) in [5, 5.41) is 3.99. The molecule has 2 rings (SSSR count). The van der Waals surface area contributed by atoms with E-state index < -0.39 is 0 Å². The Morgan fingerprint density at radius 3 is 2.58 bits per heavy atom. The van der Waals surface area contributed by atoms with Gasteiger partial charge in [0.1, 0.15) is 5.76 Å². The van der Waals surface area contributed by atoms with E-state index in [1.807, 2.05) is 13.8 Å². The van der Waals surface area contributed by atoms with E-state index in [1.165, 1.54) is 19.3 Å². The molecule has 0 radical (unpaired) electrons. The number of hydrogen-bond donors (Lipinski definition) is 0. The number of ether oxygens (including phenoxy) is 1. The van der Waals surface area contributed by atoms with Crippen LogP contribution < -0.4 is 0 Å². The largest absolute Gasteiger partial charge is 0.379 e. The summed E-state index contributed by atoms with van der Waals surface area (Å²) in [6.45, 7) is 12.2. The summed E-state index contributed by atoms with van der Waals surface area (Å²) in [4.78, 5) is 17.3. The molecule has 2 heterocycles. The molecule has 0 N–H and O–H groups in total. The lowest BCUT2D eigenvalue weighted by atomic mass is 10.1. The van der Waals surface area contributed by atoms with Gasteiger partial charge in [-0.3, -0.25) is 9.69 Å². The summed E-state index contributed by atoms with van der Waals surface area (Å²) in [7, 11) is 0. The van der Waals surface area contributed by atoms with Crippen LogP contribution in [-0.4, -0.2) is 66.8 Å². The molecule has 0 bridgehead atoms. The van der Waals surface area contributed by atoms with E-state index >= 15 is 0 Å². The van der Waals surface area contributed by atoms with Crippen LogP contribution in [0.15, 0.2) is 4.52 Å². The van der Waals surface area contributed by atoms with Crippen LogP contribution >= 0.6 is 0 Å². The van der Waals surface area contributed by atoms with Gasteiger partial charge in [-0.05, 0) is 26.7 Å². The van der Waals surface area contributed by atoms with Gasteiger partial charge in [-0.1, -0.05) is 31.3 Å². The topological polar surface area (TPSA) is 58.8 Å². The Morgan fingerprint density at radius 1 is 1.15 bits per heavy atom. The number of unbranched alkanes of at least 4 members (excludes halogenated alkanes) is 3. The maximum absolute atomic E-state index is 12.8. The Hall–Kier alpha value is -1.40. The Kier molecular flexibility index (Phi) is 9.12. The van der Waals surface area contributed by atoms with Crippen molar-refractivity contribution in [1.82, 2.24) is 15.0 Å². The predicted octanol–water partition coefficient (Wildman–Crippen LogP) is 2.97. The second-order valence-electron chi connectivity index (χ2n) is 7.20. The number of nitrogens with zero attached hydrogens (tertiary/aromatic N) is 3. The molecule has 0 unspecified atom stereocenters.